The van der Waals surface area contributed by atoms with E-state index in [0.29, 0.717) is 23.2 Å². The molecule has 10 aromatic rings. The zero-order valence-corrected chi connectivity index (χ0v) is 26.2. The van der Waals surface area contributed by atoms with Gasteiger partial charge in [0, 0.05) is 28.3 Å². The predicted molar refractivity (Wildman–Crippen MR) is 199 cm³/mol. The summed E-state index contributed by atoms with van der Waals surface area (Å²) in [6, 6.07) is 52.3. The third kappa shape index (κ3) is 4.40. The molecule has 0 fully saturated rings. The summed E-state index contributed by atoms with van der Waals surface area (Å²) >= 11 is 0. The van der Waals surface area contributed by atoms with Gasteiger partial charge in [0.15, 0.2) is 17.5 Å². The molecular weight excluding hydrogens is 601 g/mol. The Morgan fingerprint density at radius 3 is 1.78 bits per heavy atom. The minimum atomic E-state index is 0.495. The summed E-state index contributed by atoms with van der Waals surface area (Å²) in [6.45, 7) is 0. The summed E-state index contributed by atoms with van der Waals surface area (Å²) in [4.78, 5) is 19.7. The summed E-state index contributed by atoms with van der Waals surface area (Å²) in [5, 5.41) is 9.20. The Kier molecular flexibility index (Phi) is 6.11. The zero-order valence-electron chi connectivity index (χ0n) is 26.2. The number of nitrogens with zero attached hydrogens (tertiary/aromatic N) is 4. The summed E-state index contributed by atoms with van der Waals surface area (Å²) in [5.74, 6) is 1.68. The molecule has 0 aliphatic rings. The molecule has 0 saturated carbocycles. The molecule has 0 aliphatic heterocycles. The third-order valence-electron chi connectivity index (χ3n) is 9.38. The fraction of sp³-hybridized carbons (Fsp3) is 0. The van der Waals surface area contributed by atoms with E-state index in [1.165, 1.54) is 32.3 Å². The van der Waals surface area contributed by atoms with Crippen molar-refractivity contribution in [3.63, 3.8) is 0 Å². The van der Waals surface area contributed by atoms with E-state index in [0.717, 1.165) is 44.2 Å². The zero-order chi connectivity index (χ0) is 32.3. The Hall–Kier alpha value is -6.72. The monoisotopic (exact) mass is 626 g/mol. The standard InChI is InChI=1S/C44H26N4O/c1-3-12-29(13-4-1)42-46-43(30-14-5-2-6-15-30)48-44(47-42)40-39-36-20-10-19-35(41(36)49-37(39)25-26-45-40)32-17-9-18-34-33(32)24-23-28-22-21-27-11-7-8-16-31(27)38(28)34/h1-26H. The third-order valence-corrected chi connectivity index (χ3v) is 9.38. The van der Waals surface area contributed by atoms with Gasteiger partial charge in [-0.05, 0) is 43.9 Å². The van der Waals surface area contributed by atoms with Crippen molar-refractivity contribution in [1.29, 1.82) is 0 Å². The molecule has 0 bridgehead atoms. The van der Waals surface area contributed by atoms with Crippen LogP contribution in [-0.2, 0) is 0 Å². The first kappa shape index (κ1) is 27.4. The molecule has 3 aromatic heterocycles. The number of benzene rings is 7. The normalized spacial score (nSPS) is 11.7. The van der Waals surface area contributed by atoms with Crippen LogP contribution in [0.4, 0.5) is 0 Å². The van der Waals surface area contributed by atoms with Crippen LogP contribution >= 0.6 is 0 Å². The van der Waals surface area contributed by atoms with Crippen molar-refractivity contribution in [1.82, 2.24) is 19.9 Å². The molecule has 0 spiro atoms. The van der Waals surface area contributed by atoms with Gasteiger partial charge < -0.3 is 4.42 Å². The van der Waals surface area contributed by atoms with Crippen molar-refractivity contribution in [2.45, 2.75) is 0 Å². The fourth-order valence-electron chi connectivity index (χ4n) is 7.14. The molecule has 0 radical (unpaired) electrons. The Balaban J connectivity index is 1.21. The van der Waals surface area contributed by atoms with E-state index >= 15 is 0 Å². The van der Waals surface area contributed by atoms with E-state index in [-0.39, 0.29) is 0 Å². The van der Waals surface area contributed by atoms with Crippen molar-refractivity contribution in [2.75, 3.05) is 0 Å². The molecule has 7 aromatic carbocycles. The van der Waals surface area contributed by atoms with Gasteiger partial charge >= 0.3 is 0 Å². The fourth-order valence-corrected chi connectivity index (χ4v) is 7.14. The van der Waals surface area contributed by atoms with Crippen LogP contribution in [-0.4, -0.2) is 19.9 Å². The number of fused-ring (bicyclic) bond motifs is 8. The molecule has 0 N–H and O–H groups in total. The maximum absolute atomic E-state index is 6.73. The van der Waals surface area contributed by atoms with Gasteiger partial charge in [-0.1, -0.05) is 146 Å². The van der Waals surface area contributed by atoms with E-state index in [1.54, 1.807) is 6.20 Å². The van der Waals surface area contributed by atoms with E-state index in [2.05, 4.69) is 84.9 Å². The van der Waals surface area contributed by atoms with Crippen molar-refractivity contribution < 1.29 is 4.42 Å². The highest BCUT2D eigenvalue weighted by molar-refractivity contribution is 6.23. The van der Waals surface area contributed by atoms with Gasteiger partial charge in [-0.15, -0.1) is 0 Å². The number of pyridine rings is 1. The highest BCUT2D eigenvalue weighted by atomic mass is 16.3. The highest BCUT2D eigenvalue weighted by Gasteiger charge is 2.21. The van der Waals surface area contributed by atoms with E-state index in [9.17, 15) is 0 Å². The lowest BCUT2D eigenvalue weighted by Gasteiger charge is -2.12. The number of para-hydroxylation sites is 1. The second-order valence-electron chi connectivity index (χ2n) is 12.2. The molecule has 0 atom stereocenters. The van der Waals surface area contributed by atoms with Gasteiger partial charge in [-0.3, -0.25) is 4.98 Å². The largest absolute Gasteiger partial charge is 0.455 e. The Morgan fingerprint density at radius 2 is 1.00 bits per heavy atom. The lowest BCUT2D eigenvalue weighted by atomic mass is 9.91. The topological polar surface area (TPSA) is 64.7 Å². The maximum atomic E-state index is 6.73. The highest BCUT2D eigenvalue weighted by Crippen LogP contribution is 2.42. The summed E-state index contributed by atoms with van der Waals surface area (Å²) in [5.41, 5.74) is 6.14. The SMILES string of the molecule is c1ccc(-c2nc(-c3ccccc3)nc(-c3nccc4oc5c(-c6cccc7c6ccc6ccc8ccccc8c67)cccc5c34)n2)cc1. The van der Waals surface area contributed by atoms with Crippen molar-refractivity contribution in [3.05, 3.63) is 158 Å². The van der Waals surface area contributed by atoms with Crippen LogP contribution < -0.4 is 0 Å². The van der Waals surface area contributed by atoms with Crippen molar-refractivity contribution in [2.24, 2.45) is 0 Å². The summed E-state index contributed by atoms with van der Waals surface area (Å²) < 4.78 is 6.73. The van der Waals surface area contributed by atoms with Gasteiger partial charge in [-0.25, -0.2) is 15.0 Å². The lowest BCUT2D eigenvalue weighted by molar-refractivity contribution is 0.669. The molecule has 49 heavy (non-hydrogen) atoms. The van der Waals surface area contributed by atoms with Crippen LogP contribution in [0, 0.1) is 0 Å². The molecule has 0 amide bonds. The average molecular weight is 627 g/mol. The molecule has 228 valence electrons. The van der Waals surface area contributed by atoms with Gasteiger partial charge in [0.05, 0.1) is 5.39 Å². The van der Waals surface area contributed by atoms with Gasteiger partial charge in [-0.2, -0.15) is 0 Å². The second-order valence-corrected chi connectivity index (χ2v) is 12.2. The summed E-state index contributed by atoms with van der Waals surface area (Å²) in [6.07, 6.45) is 1.77. The molecule has 0 saturated heterocycles. The van der Waals surface area contributed by atoms with Crippen LogP contribution in [0.5, 0.6) is 0 Å². The van der Waals surface area contributed by atoms with Crippen LogP contribution in [0.2, 0.25) is 0 Å². The van der Waals surface area contributed by atoms with Gasteiger partial charge in [0.2, 0.25) is 0 Å². The first-order valence-corrected chi connectivity index (χ1v) is 16.3. The Bertz CT molecular complexity index is 2820. The van der Waals surface area contributed by atoms with E-state index < -0.39 is 0 Å². The number of hydrogen-bond acceptors (Lipinski definition) is 5. The number of aromatic nitrogens is 4. The van der Waals surface area contributed by atoms with E-state index in [4.69, 9.17) is 24.4 Å². The molecule has 10 rings (SSSR count). The van der Waals surface area contributed by atoms with Crippen LogP contribution in [0.1, 0.15) is 0 Å². The van der Waals surface area contributed by atoms with Crippen molar-refractivity contribution in [3.8, 4) is 45.4 Å². The van der Waals surface area contributed by atoms with Gasteiger partial charge in [0.1, 0.15) is 16.9 Å². The molecule has 5 heteroatoms. The Morgan fingerprint density at radius 1 is 0.388 bits per heavy atom. The number of furan rings is 1. The summed E-state index contributed by atoms with van der Waals surface area (Å²) in [7, 11) is 0. The predicted octanol–water partition coefficient (Wildman–Crippen LogP) is 11.3. The minimum Gasteiger partial charge on any atom is -0.455 e. The Labute approximate surface area is 281 Å². The maximum Gasteiger partial charge on any atom is 0.183 e. The molecule has 5 nitrogen and oxygen atoms in total. The quantitative estimate of drug-likeness (QED) is 0.182. The first-order valence-electron chi connectivity index (χ1n) is 16.3. The number of hydrogen-bond donors (Lipinski definition) is 0. The molecule has 0 aliphatic carbocycles. The van der Waals surface area contributed by atoms with Crippen LogP contribution in [0.3, 0.4) is 0 Å². The smallest absolute Gasteiger partial charge is 0.183 e. The molecule has 3 heterocycles. The van der Waals surface area contributed by atoms with Crippen molar-refractivity contribution >= 4 is 54.3 Å². The van der Waals surface area contributed by atoms with E-state index in [1.807, 2.05) is 66.7 Å². The second kappa shape index (κ2) is 10.9. The van der Waals surface area contributed by atoms with Crippen LogP contribution in [0.25, 0.3) is 99.7 Å². The first-order chi connectivity index (χ1) is 24.3. The average Bonchev–Trinajstić information content (AvgIpc) is 3.57. The number of rotatable bonds is 4. The lowest BCUT2D eigenvalue weighted by Crippen LogP contribution is -2.01. The van der Waals surface area contributed by atoms with Gasteiger partial charge in [0.25, 0.3) is 0 Å². The molecular formula is C44H26N4O. The van der Waals surface area contributed by atoms with Crippen LogP contribution in [0.15, 0.2) is 162 Å². The molecule has 0 unspecified atom stereocenters. The minimum absolute atomic E-state index is 0.495.